The molecule has 114 valence electrons. The van der Waals surface area contributed by atoms with Crippen molar-refractivity contribution < 1.29 is 0 Å². The Kier molecular flexibility index (Phi) is 3.35. The molecular formula is C19H28N2. The third-order valence-electron chi connectivity index (χ3n) is 6.19. The van der Waals surface area contributed by atoms with Gasteiger partial charge in [0.05, 0.1) is 0 Å². The van der Waals surface area contributed by atoms with Crippen molar-refractivity contribution in [3.8, 4) is 0 Å². The highest BCUT2D eigenvalue weighted by Gasteiger charge is 2.38. The lowest BCUT2D eigenvalue weighted by Gasteiger charge is -2.47. The van der Waals surface area contributed by atoms with Crippen LogP contribution in [0.15, 0.2) is 24.3 Å². The lowest BCUT2D eigenvalue weighted by atomic mass is 9.70. The molecule has 0 spiro atoms. The van der Waals surface area contributed by atoms with Gasteiger partial charge in [-0.05, 0) is 61.2 Å². The van der Waals surface area contributed by atoms with Gasteiger partial charge in [0.1, 0.15) is 0 Å². The van der Waals surface area contributed by atoms with Gasteiger partial charge >= 0.3 is 0 Å². The van der Waals surface area contributed by atoms with Crippen LogP contribution in [0.1, 0.15) is 56.7 Å². The van der Waals surface area contributed by atoms with Crippen molar-refractivity contribution in [2.75, 3.05) is 19.6 Å². The number of fused-ring (bicyclic) bond motifs is 4. The fourth-order valence-electron chi connectivity index (χ4n) is 4.80. The number of nitrogens with zero attached hydrogens (tertiary/aromatic N) is 1. The molecule has 2 bridgehead atoms. The van der Waals surface area contributed by atoms with Crippen molar-refractivity contribution in [2.24, 2.45) is 5.92 Å². The average molecular weight is 284 g/mol. The summed E-state index contributed by atoms with van der Waals surface area (Å²) in [5.41, 5.74) is 3.46. The van der Waals surface area contributed by atoms with Crippen molar-refractivity contribution in [2.45, 2.75) is 57.0 Å². The van der Waals surface area contributed by atoms with Crippen molar-refractivity contribution in [3.05, 3.63) is 35.4 Å². The van der Waals surface area contributed by atoms with E-state index in [2.05, 4.69) is 48.3 Å². The van der Waals surface area contributed by atoms with Crippen LogP contribution in [-0.2, 0) is 5.41 Å². The average Bonchev–Trinajstić information content (AvgIpc) is 2.52. The SMILES string of the molecule is CC1(C)CCC(NC2CN3CCC2CC3)c2ccccc21. The molecule has 21 heavy (non-hydrogen) atoms. The van der Waals surface area contributed by atoms with Crippen molar-refractivity contribution >= 4 is 0 Å². The maximum atomic E-state index is 4.04. The van der Waals surface area contributed by atoms with Gasteiger partial charge in [-0.25, -0.2) is 0 Å². The Morgan fingerprint density at radius 3 is 2.57 bits per heavy atom. The first kappa shape index (κ1) is 13.8. The second kappa shape index (κ2) is 5.10. The first-order valence-electron chi connectivity index (χ1n) is 8.71. The first-order chi connectivity index (χ1) is 10.1. The standard InChI is InChI=1S/C19H28N2/c1-19(2)10-7-17(15-5-3-4-6-16(15)19)20-18-13-21-11-8-14(18)9-12-21/h3-6,14,17-18,20H,7-13H2,1-2H3. The number of hydrogen-bond acceptors (Lipinski definition) is 2. The molecule has 0 radical (unpaired) electrons. The molecule has 2 heteroatoms. The van der Waals surface area contributed by atoms with Crippen molar-refractivity contribution in [1.29, 1.82) is 0 Å². The monoisotopic (exact) mass is 284 g/mol. The molecule has 0 amide bonds. The van der Waals surface area contributed by atoms with E-state index in [0.29, 0.717) is 17.5 Å². The third kappa shape index (κ3) is 2.43. The van der Waals surface area contributed by atoms with Crippen molar-refractivity contribution in [1.82, 2.24) is 10.2 Å². The molecule has 2 unspecified atom stereocenters. The molecule has 2 nitrogen and oxygen atoms in total. The fraction of sp³-hybridized carbons (Fsp3) is 0.684. The molecule has 3 heterocycles. The molecule has 3 saturated heterocycles. The highest BCUT2D eigenvalue weighted by molar-refractivity contribution is 5.38. The van der Waals surface area contributed by atoms with Crippen LogP contribution in [0.3, 0.4) is 0 Å². The van der Waals surface area contributed by atoms with Gasteiger partial charge in [0, 0.05) is 18.6 Å². The fourth-order valence-corrected chi connectivity index (χ4v) is 4.80. The Morgan fingerprint density at radius 1 is 1.10 bits per heavy atom. The van der Waals surface area contributed by atoms with E-state index in [1.165, 1.54) is 45.3 Å². The molecule has 0 aromatic heterocycles. The molecule has 3 aliphatic heterocycles. The van der Waals surface area contributed by atoms with E-state index < -0.39 is 0 Å². The van der Waals surface area contributed by atoms with E-state index in [9.17, 15) is 0 Å². The van der Waals surface area contributed by atoms with E-state index >= 15 is 0 Å². The van der Waals surface area contributed by atoms with Crippen LogP contribution in [0.25, 0.3) is 0 Å². The summed E-state index contributed by atoms with van der Waals surface area (Å²) in [6.45, 7) is 8.73. The Morgan fingerprint density at radius 2 is 1.86 bits per heavy atom. The normalized spacial score (nSPS) is 37.2. The predicted molar refractivity (Wildman–Crippen MR) is 87.5 cm³/mol. The Bertz CT molecular complexity index is 514. The third-order valence-corrected chi connectivity index (χ3v) is 6.19. The summed E-state index contributed by atoms with van der Waals surface area (Å²) in [4.78, 5) is 2.65. The zero-order valence-corrected chi connectivity index (χ0v) is 13.4. The molecule has 2 atom stereocenters. The first-order valence-corrected chi connectivity index (χ1v) is 8.71. The minimum atomic E-state index is 0.337. The highest BCUT2D eigenvalue weighted by Crippen LogP contribution is 2.42. The van der Waals surface area contributed by atoms with Crippen LogP contribution in [0.4, 0.5) is 0 Å². The van der Waals surface area contributed by atoms with Gasteiger partial charge in [0.25, 0.3) is 0 Å². The van der Waals surface area contributed by atoms with Gasteiger partial charge in [0.2, 0.25) is 0 Å². The zero-order valence-electron chi connectivity index (χ0n) is 13.4. The molecular weight excluding hydrogens is 256 g/mol. The summed E-state index contributed by atoms with van der Waals surface area (Å²) >= 11 is 0. The number of benzene rings is 1. The summed E-state index contributed by atoms with van der Waals surface area (Å²) in [7, 11) is 0. The second-order valence-corrected chi connectivity index (χ2v) is 7.97. The minimum Gasteiger partial charge on any atom is -0.306 e. The summed E-state index contributed by atoms with van der Waals surface area (Å²) in [6, 6.07) is 10.4. The summed E-state index contributed by atoms with van der Waals surface area (Å²) in [5, 5.41) is 4.04. The Balaban J connectivity index is 1.56. The van der Waals surface area contributed by atoms with Gasteiger partial charge in [0.15, 0.2) is 0 Å². The van der Waals surface area contributed by atoms with Gasteiger partial charge in [-0.3, -0.25) is 0 Å². The largest absolute Gasteiger partial charge is 0.306 e. The molecule has 0 saturated carbocycles. The van der Waals surface area contributed by atoms with Crippen LogP contribution >= 0.6 is 0 Å². The molecule has 1 aliphatic carbocycles. The number of piperidine rings is 3. The van der Waals surface area contributed by atoms with Crippen molar-refractivity contribution in [3.63, 3.8) is 0 Å². The lowest BCUT2D eigenvalue weighted by molar-refractivity contribution is 0.0648. The molecule has 5 rings (SSSR count). The van der Waals surface area contributed by atoms with E-state index in [1.54, 1.807) is 11.1 Å². The van der Waals surface area contributed by atoms with Crippen LogP contribution in [0.2, 0.25) is 0 Å². The van der Waals surface area contributed by atoms with Crippen LogP contribution in [-0.4, -0.2) is 30.6 Å². The predicted octanol–water partition coefficient (Wildman–Crippen LogP) is 3.48. The topological polar surface area (TPSA) is 15.3 Å². The van der Waals surface area contributed by atoms with Gasteiger partial charge < -0.3 is 10.2 Å². The molecule has 1 aromatic rings. The van der Waals surface area contributed by atoms with E-state index in [-0.39, 0.29) is 0 Å². The Hall–Kier alpha value is -0.860. The molecule has 4 aliphatic rings. The molecule has 3 fully saturated rings. The minimum absolute atomic E-state index is 0.337. The quantitative estimate of drug-likeness (QED) is 0.894. The lowest BCUT2D eigenvalue weighted by Crippen LogP contribution is -2.57. The summed E-state index contributed by atoms with van der Waals surface area (Å²) in [6.07, 6.45) is 5.38. The maximum Gasteiger partial charge on any atom is 0.0326 e. The molecule has 1 N–H and O–H groups in total. The highest BCUT2D eigenvalue weighted by atomic mass is 15.2. The number of nitrogens with one attached hydrogen (secondary N) is 1. The van der Waals surface area contributed by atoms with Crippen LogP contribution in [0.5, 0.6) is 0 Å². The smallest absolute Gasteiger partial charge is 0.0326 e. The van der Waals surface area contributed by atoms with E-state index in [0.717, 1.165) is 5.92 Å². The van der Waals surface area contributed by atoms with Gasteiger partial charge in [-0.1, -0.05) is 38.1 Å². The Labute approximate surface area is 128 Å². The molecule has 1 aromatic carbocycles. The second-order valence-electron chi connectivity index (χ2n) is 7.97. The number of rotatable bonds is 2. The summed E-state index contributed by atoms with van der Waals surface area (Å²) < 4.78 is 0. The van der Waals surface area contributed by atoms with Gasteiger partial charge in [-0.2, -0.15) is 0 Å². The zero-order chi connectivity index (χ0) is 14.4. The maximum absolute atomic E-state index is 4.04. The van der Waals surface area contributed by atoms with Crippen LogP contribution < -0.4 is 5.32 Å². The van der Waals surface area contributed by atoms with Gasteiger partial charge in [-0.15, -0.1) is 0 Å². The number of hydrogen-bond donors (Lipinski definition) is 1. The van der Waals surface area contributed by atoms with E-state index in [4.69, 9.17) is 0 Å². The summed E-state index contributed by atoms with van der Waals surface area (Å²) in [5.74, 6) is 0.914. The van der Waals surface area contributed by atoms with Crippen LogP contribution in [0, 0.1) is 5.92 Å². The van der Waals surface area contributed by atoms with E-state index in [1.807, 2.05) is 0 Å².